The van der Waals surface area contributed by atoms with Gasteiger partial charge in [-0.05, 0) is 13.8 Å². The summed E-state index contributed by atoms with van der Waals surface area (Å²) in [5, 5.41) is 44.0. The lowest BCUT2D eigenvalue weighted by molar-refractivity contribution is -0.207. The first kappa shape index (κ1) is 19.9. The van der Waals surface area contributed by atoms with E-state index in [1.54, 1.807) is 6.92 Å². The highest BCUT2D eigenvalue weighted by Gasteiger charge is 2.62. The summed E-state index contributed by atoms with van der Waals surface area (Å²) in [4.78, 5) is 39.0. The van der Waals surface area contributed by atoms with Crippen molar-refractivity contribution in [2.45, 2.75) is 68.9 Å². The summed E-state index contributed by atoms with van der Waals surface area (Å²) in [6.07, 6.45) is -5.97. The summed E-state index contributed by atoms with van der Waals surface area (Å²) in [7, 11) is 0. The van der Waals surface area contributed by atoms with Crippen molar-refractivity contribution in [3.8, 4) is 11.5 Å². The predicted molar refractivity (Wildman–Crippen MR) is 102 cm³/mol. The van der Waals surface area contributed by atoms with Crippen LogP contribution in [0.3, 0.4) is 0 Å². The molecule has 2 fully saturated rings. The largest absolute Gasteiger partial charge is 0.507 e. The van der Waals surface area contributed by atoms with Gasteiger partial charge < -0.3 is 34.6 Å². The van der Waals surface area contributed by atoms with Gasteiger partial charge in [-0.1, -0.05) is 0 Å². The highest BCUT2D eigenvalue weighted by molar-refractivity contribution is 6.30. The summed E-state index contributed by atoms with van der Waals surface area (Å²) in [5.41, 5.74) is -3.41. The Morgan fingerprint density at radius 3 is 2.31 bits per heavy atom. The first-order valence-corrected chi connectivity index (χ1v) is 10.4. The van der Waals surface area contributed by atoms with Crippen LogP contribution in [0, 0.1) is 0 Å². The van der Waals surface area contributed by atoms with E-state index in [9.17, 15) is 34.8 Å². The van der Waals surface area contributed by atoms with E-state index in [0.29, 0.717) is 0 Å². The van der Waals surface area contributed by atoms with Crippen LogP contribution in [0.5, 0.6) is 11.5 Å². The molecule has 0 radical (unpaired) electrons. The number of esters is 1. The zero-order valence-corrected chi connectivity index (χ0v) is 17.1. The Hall–Kier alpha value is -2.79. The topological polar surface area (TPSA) is 160 Å². The highest BCUT2D eigenvalue weighted by atomic mass is 16.6. The van der Waals surface area contributed by atoms with E-state index in [-0.39, 0.29) is 35.1 Å². The normalized spacial score (nSPS) is 39.4. The van der Waals surface area contributed by atoms with Crippen LogP contribution < -0.4 is 0 Å². The smallest absolute Gasteiger partial charge is 0.309 e. The fourth-order valence-electron chi connectivity index (χ4n) is 5.95. The molecule has 168 valence electrons. The molecule has 32 heavy (non-hydrogen) atoms. The van der Waals surface area contributed by atoms with Crippen LogP contribution >= 0.6 is 0 Å². The molecule has 7 atom stereocenters. The van der Waals surface area contributed by atoms with Gasteiger partial charge >= 0.3 is 5.97 Å². The molecular formula is C22H20O10. The Bertz CT molecular complexity index is 1170. The van der Waals surface area contributed by atoms with E-state index in [1.165, 1.54) is 6.92 Å². The van der Waals surface area contributed by atoms with Crippen LogP contribution in [0.4, 0.5) is 0 Å². The average molecular weight is 444 g/mol. The molecule has 4 N–H and O–H groups in total. The van der Waals surface area contributed by atoms with E-state index in [2.05, 4.69) is 0 Å². The Balaban J connectivity index is 1.64. The monoisotopic (exact) mass is 444 g/mol. The number of aliphatic hydroxyl groups excluding tert-OH is 1. The van der Waals surface area contributed by atoms with Gasteiger partial charge in [-0.25, -0.2) is 0 Å². The number of aromatic hydroxyl groups is 2. The van der Waals surface area contributed by atoms with Gasteiger partial charge in [0.2, 0.25) is 0 Å². The maximum Gasteiger partial charge on any atom is 0.309 e. The molecule has 4 heterocycles. The maximum absolute atomic E-state index is 13.6. The van der Waals surface area contributed by atoms with Gasteiger partial charge in [0.1, 0.15) is 23.2 Å². The van der Waals surface area contributed by atoms with Crippen molar-refractivity contribution in [1.82, 2.24) is 0 Å². The number of aliphatic hydroxyl groups is 2. The minimum Gasteiger partial charge on any atom is -0.507 e. The number of benzene rings is 1. The number of carbonyl (C=O) groups excluding carboxylic acids is 3. The quantitative estimate of drug-likeness (QED) is 0.328. The van der Waals surface area contributed by atoms with Gasteiger partial charge in [-0.2, -0.15) is 0 Å². The molecule has 7 rings (SSSR count). The van der Waals surface area contributed by atoms with Crippen molar-refractivity contribution in [3.63, 3.8) is 0 Å². The second-order valence-corrected chi connectivity index (χ2v) is 9.00. The molecule has 1 aromatic carbocycles. The minimum absolute atomic E-state index is 0.0371. The third-order valence-corrected chi connectivity index (χ3v) is 7.41. The lowest BCUT2D eigenvalue weighted by atomic mass is 9.63. The summed E-state index contributed by atoms with van der Waals surface area (Å²) in [5.74, 6) is -3.36. The number of fused-ring (bicyclic) bond motifs is 6. The van der Waals surface area contributed by atoms with Crippen molar-refractivity contribution < 1.29 is 49.0 Å². The maximum atomic E-state index is 13.6. The second kappa shape index (κ2) is 5.96. The first-order chi connectivity index (χ1) is 15.1. The van der Waals surface area contributed by atoms with E-state index in [1.807, 2.05) is 0 Å². The van der Waals surface area contributed by atoms with Gasteiger partial charge in [0, 0.05) is 28.7 Å². The highest BCUT2D eigenvalue weighted by Crippen LogP contribution is 2.57. The van der Waals surface area contributed by atoms with Crippen LogP contribution in [0.1, 0.15) is 70.7 Å². The van der Waals surface area contributed by atoms with Crippen LogP contribution in [0.15, 0.2) is 11.1 Å². The fourth-order valence-corrected chi connectivity index (χ4v) is 5.95. The molecule has 1 aromatic rings. The Kier molecular flexibility index (Phi) is 3.70. The molecule has 0 amide bonds. The lowest BCUT2D eigenvalue weighted by Gasteiger charge is -2.52. The lowest BCUT2D eigenvalue weighted by Crippen LogP contribution is -2.66. The fraction of sp³-hybridized carbons (Fsp3) is 0.500. The Morgan fingerprint density at radius 1 is 0.969 bits per heavy atom. The molecule has 0 spiro atoms. The van der Waals surface area contributed by atoms with E-state index >= 15 is 0 Å². The molecule has 0 aromatic heterocycles. The van der Waals surface area contributed by atoms with Crippen molar-refractivity contribution >= 4 is 17.5 Å². The van der Waals surface area contributed by atoms with Crippen LogP contribution in [0.25, 0.3) is 0 Å². The molecule has 0 saturated carbocycles. The van der Waals surface area contributed by atoms with Gasteiger partial charge in [-0.3, -0.25) is 14.4 Å². The molecule has 2 aliphatic carbocycles. The van der Waals surface area contributed by atoms with Gasteiger partial charge in [-0.15, -0.1) is 0 Å². The second-order valence-electron chi connectivity index (χ2n) is 9.00. The summed E-state index contributed by atoms with van der Waals surface area (Å²) in [6, 6.07) is 0. The van der Waals surface area contributed by atoms with E-state index < -0.39 is 82.4 Å². The van der Waals surface area contributed by atoms with E-state index in [4.69, 9.17) is 14.2 Å². The average Bonchev–Trinajstić information content (AvgIpc) is 3.09. The Labute approximate surface area is 181 Å². The molecule has 2 saturated heterocycles. The number of ether oxygens (including phenoxy) is 3. The molecule has 10 heteroatoms. The Morgan fingerprint density at radius 2 is 1.62 bits per heavy atom. The predicted octanol–water partition coefficient (Wildman–Crippen LogP) is 0.504. The number of rotatable bonds is 0. The number of ketones is 2. The molecule has 6 aliphatic rings. The van der Waals surface area contributed by atoms with Crippen molar-refractivity contribution in [2.75, 3.05) is 0 Å². The van der Waals surface area contributed by atoms with Crippen LogP contribution in [-0.4, -0.2) is 68.0 Å². The van der Waals surface area contributed by atoms with Gasteiger partial charge in [0.25, 0.3) is 0 Å². The number of hydrogen-bond acceptors (Lipinski definition) is 10. The third kappa shape index (κ3) is 2.06. The molecule has 4 aliphatic heterocycles. The molecule has 1 unspecified atom stereocenters. The van der Waals surface area contributed by atoms with Crippen LogP contribution in [-0.2, 0) is 19.0 Å². The SMILES string of the molecule is CC1O[C@H]2CC(=O)O[C@H]2c2c(O)c3c(c(O)c21)C(=O)C1=C(C3=O)[C@@H]2C[C@H](O)[C@@]1(O)[C@@H](C)O2. The third-order valence-electron chi connectivity index (χ3n) is 7.41. The minimum atomic E-state index is -2.14. The van der Waals surface area contributed by atoms with Crippen molar-refractivity contribution in [2.24, 2.45) is 0 Å². The van der Waals surface area contributed by atoms with E-state index in [0.717, 1.165) is 0 Å². The molecular weight excluding hydrogens is 424 g/mol. The van der Waals surface area contributed by atoms with Crippen molar-refractivity contribution in [1.29, 1.82) is 0 Å². The van der Waals surface area contributed by atoms with Crippen molar-refractivity contribution in [3.05, 3.63) is 33.4 Å². The standard InChI is InChI=1S/C22H20O10/c1-5-11-15(21-8(30-5)4-10(24)32-21)19(27)13-14(17(11)25)20(28)16-12(18(13)26)7-3-9(23)22(16,29)6(2)31-7/h5-9,21,23,25,27,29H,3-4H2,1-2H3/t5?,6-,7+,8+,9+,21-,22+/m1/s1. The zero-order valence-electron chi connectivity index (χ0n) is 17.1. The summed E-state index contributed by atoms with van der Waals surface area (Å²) < 4.78 is 16.7. The number of carbonyl (C=O) groups is 3. The van der Waals surface area contributed by atoms with Crippen LogP contribution in [0.2, 0.25) is 0 Å². The number of phenols is 2. The van der Waals surface area contributed by atoms with Gasteiger partial charge in [0.05, 0.1) is 42.0 Å². The molecule has 10 nitrogen and oxygen atoms in total. The first-order valence-electron chi connectivity index (χ1n) is 10.4. The number of hydrogen-bond donors (Lipinski definition) is 4. The number of phenolic OH excluding ortho intramolecular Hbond substituents is 2. The summed E-state index contributed by atoms with van der Waals surface area (Å²) in [6.45, 7) is 3.07. The van der Waals surface area contributed by atoms with Gasteiger partial charge in [0.15, 0.2) is 17.7 Å². The molecule has 2 bridgehead atoms. The summed E-state index contributed by atoms with van der Waals surface area (Å²) >= 11 is 0. The zero-order chi connectivity index (χ0) is 22.9. The number of Topliss-reactive ketones (excluding diaryl/α,β-unsaturated/α-hetero) is 2.